The highest BCUT2D eigenvalue weighted by molar-refractivity contribution is 7.20. The van der Waals surface area contributed by atoms with Crippen molar-refractivity contribution in [2.24, 2.45) is 5.73 Å². The predicted octanol–water partition coefficient (Wildman–Crippen LogP) is 4.74. The van der Waals surface area contributed by atoms with Gasteiger partial charge >= 0.3 is 0 Å². The second-order valence-electron chi connectivity index (χ2n) is 6.30. The zero-order valence-corrected chi connectivity index (χ0v) is 15.9. The summed E-state index contributed by atoms with van der Waals surface area (Å²) >= 11 is 1.49. The SMILES string of the molecule is N=C(N)c1cc2ccc(OCc3cccc(OCc4ccncc4)c3)cc2s1. The summed E-state index contributed by atoms with van der Waals surface area (Å²) in [7, 11) is 0. The molecule has 0 aliphatic heterocycles. The van der Waals surface area contributed by atoms with E-state index in [0.29, 0.717) is 13.2 Å². The number of rotatable bonds is 7. The molecule has 4 aromatic rings. The van der Waals surface area contributed by atoms with Crippen LogP contribution in [-0.4, -0.2) is 10.8 Å². The van der Waals surface area contributed by atoms with Crippen LogP contribution in [0.1, 0.15) is 16.0 Å². The van der Waals surface area contributed by atoms with E-state index >= 15 is 0 Å². The van der Waals surface area contributed by atoms with Gasteiger partial charge in [-0.05, 0) is 65.0 Å². The largest absolute Gasteiger partial charge is 0.489 e. The van der Waals surface area contributed by atoms with Crippen molar-refractivity contribution >= 4 is 27.3 Å². The van der Waals surface area contributed by atoms with Crippen LogP contribution in [0.3, 0.4) is 0 Å². The predicted molar refractivity (Wildman–Crippen MR) is 112 cm³/mol. The van der Waals surface area contributed by atoms with Gasteiger partial charge in [-0.3, -0.25) is 10.4 Å². The molecule has 3 N–H and O–H groups in total. The summed E-state index contributed by atoms with van der Waals surface area (Å²) in [6.45, 7) is 0.948. The number of nitrogens with zero attached hydrogens (tertiary/aromatic N) is 1. The van der Waals surface area contributed by atoms with Crippen LogP contribution in [0.15, 0.2) is 73.1 Å². The van der Waals surface area contributed by atoms with Gasteiger partial charge in [-0.25, -0.2) is 0 Å². The van der Waals surface area contributed by atoms with E-state index in [9.17, 15) is 0 Å². The fraction of sp³-hybridized carbons (Fsp3) is 0.0909. The summed E-state index contributed by atoms with van der Waals surface area (Å²) in [6.07, 6.45) is 3.51. The molecule has 0 saturated heterocycles. The molecule has 0 fully saturated rings. The van der Waals surface area contributed by atoms with Crippen LogP contribution in [0.2, 0.25) is 0 Å². The number of hydrogen-bond acceptors (Lipinski definition) is 5. The van der Waals surface area contributed by atoms with Gasteiger partial charge < -0.3 is 15.2 Å². The van der Waals surface area contributed by atoms with Crippen LogP contribution in [-0.2, 0) is 13.2 Å². The van der Waals surface area contributed by atoms with Gasteiger partial charge in [0.25, 0.3) is 0 Å². The molecule has 5 nitrogen and oxygen atoms in total. The second-order valence-corrected chi connectivity index (χ2v) is 7.39. The Morgan fingerprint density at radius 2 is 1.64 bits per heavy atom. The van der Waals surface area contributed by atoms with Gasteiger partial charge in [-0.1, -0.05) is 12.1 Å². The second kappa shape index (κ2) is 8.10. The molecule has 0 aliphatic rings. The van der Waals surface area contributed by atoms with Crippen LogP contribution in [0.5, 0.6) is 11.5 Å². The molecule has 0 bridgehead atoms. The smallest absolute Gasteiger partial charge is 0.133 e. The molecule has 140 valence electrons. The number of amidine groups is 1. The van der Waals surface area contributed by atoms with Gasteiger partial charge in [-0.2, -0.15) is 0 Å². The van der Waals surface area contributed by atoms with Crippen molar-refractivity contribution in [1.82, 2.24) is 4.98 Å². The van der Waals surface area contributed by atoms with Crippen molar-refractivity contribution in [2.45, 2.75) is 13.2 Å². The molecule has 2 aromatic carbocycles. The minimum atomic E-state index is 0.0900. The number of aromatic nitrogens is 1. The molecular formula is C22H19N3O2S. The molecule has 2 heterocycles. The average Bonchev–Trinajstić information content (AvgIpc) is 3.16. The first-order chi connectivity index (χ1) is 13.7. The monoisotopic (exact) mass is 389 g/mol. The first-order valence-electron chi connectivity index (χ1n) is 8.79. The van der Waals surface area contributed by atoms with Crippen molar-refractivity contribution in [3.63, 3.8) is 0 Å². The maximum absolute atomic E-state index is 7.57. The number of nitrogen functional groups attached to an aromatic ring is 1. The molecule has 0 amide bonds. The van der Waals surface area contributed by atoms with Gasteiger partial charge in [-0.15, -0.1) is 11.3 Å². The van der Waals surface area contributed by atoms with Gasteiger partial charge in [0, 0.05) is 17.1 Å². The minimum absolute atomic E-state index is 0.0900. The molecular weight excluding hydrogens is 370 g/mol. The van der Waals surface area contributed by atoms with E-state index in [0.717, 1.165) is 37.6 Å². The van der Waals surface area contributed by atoms with Gasteiger partial charge in [0.15, 0.2) is 0 Å². The highest BCUT2D eigenvalue weighted by Crippen LogP contribution is 2.29. The first-order valence-corrected chi connectivity index (χ1v) is 9.60. The highest BCUT2D eigenvalue weighted by atomic mass is 32.1. The molecule has 0 aliphatic carbocycles. The number of pyridine rings is 1. The Morgan fingerprint density at radius 1 is 0.893 bits per heavy atom. The lowest BCUT2D eigenvalue weighted by Gasteiger charge is -2.09. The van der Waals surface area contributed by atoms with Crippen LogP contribution in [0.4, 0.5) is 0 Å². The quantitative estimate of drug-likeness (QED) is 0.353. The van der Waals surface area contributed by atoms with E-state index in [2.05, 4.69) is 4.98 Å². The number of fused-ring (bicyclic) bond motifs is 1. The fourth-order valence-corrected chi connectivity index (χ4v) is 3.72. The Balaban J connectivity index is 1.40. The van der Waals surface area contributed by atoms with Crippen molar-refractivity contribution in [2.75, 3.05) is 0 Å². The van der Waals surface area contributed by atoms with E-state index in [1.165, 1.54) is 11.3 Å². The summed E-state index contributed by atoms with van der Waals surface area (Å²) in [6, 6.07) is 19.6. The number of thiophene rings is 1. The molecule has 28 heavy (non-hydrogen) atoms. The average molecular weight is 389 g/mol. The van der Waals surface area contributed by atoms with Crippen molar-refractivity contribution < 1.29 is 9.47 Å². The van der Waals surface area contributed by atoms with Crippen LogP contribution >= 0.6 is 11.3 Å². The van der Waals surface area contributed by atoms with Crippen LogP contribution in [0.25, 0.3) is 10.1 Å². The van der Waals surface area contributed by atoms with Gasteiger partial charge in [0.1, 0.15) is 30.5 Å². The van der Waals surface area contributed by atoms with Gasteiger partial charge in [0.2, 0.25) is 0 Å². The van der Waals surface area contributed by atoms with Crippen LogP contribution in [0, 0.1) is 5.41 Å². The molecule has 0 spiro atoms. The molecule has 0 atom stereocenters. The van der Waals surface area contributed by atoms with Crippen molar-refractivity contribution in [3.8, 4) is 11.5 Å². The summed E-state index contributed by atoms with van der Waals surface area (Å²) < 4.78 is 12.9. The van der Waals surface area contributed by atoms with E-state index < -0.39 is 0 Å². The third kappa shape index (κ3) is 4.29. The third-order valence-electron chi connectivity index (χ3n) is 4.22. The Labute approximate surface area is 166 Å². The molecule has 0 saturated carbocycles. The van der Waals surface area contributed by atoms with E-state index in [1.807, 2.05) is 60.7 Å². The zero-order chi connectivity index (χ0) is 19.3. The highest BCUT2D eigenvalue weighted by Gasteiger charge is 2.06. The number of ether oxygens (including phenoxy) is 2. The number of nitrogens with one attached hydrogen (secondary N) is 1. The van der Waals surface area contributed by atoms with E-state index in [4.69, 9.17) is 20.6 Å². The van der Waals surface area contributed by atoms with Gasteiger partial charge in [0.05, 0.1) is 4.88 Å². The molecule has 2 aromatic heterocycles. The summed E-state index contributed by atoms with van der Waals surface area (Å²) in [5, 5.41) is 8.63. The lowest BCUT2D eigenvalue weighted by atomic mass is 10.2. The molecule has 4 rings (SSSR count). The summed E-state index contributed by atoms with van der Waals surface area (Å²) in [4.78, 5) is 4.78. The molecule has 0 unspecified atom stereocenters. The van der Waals surface area contributed by atoms with Crippen molar-refractivity contribution in [1.29, 1.82) is 5.41 Å². The zero-order valence-electron chi connectivity index (χ0n) is 15.1. The number of nitrogens with two attached hydrogens (primary N) is 1. The fourth-order valence-electron chi connectivity index (χ4n) is 2.77. The Kier molecular flexibility index (Phi) is 5.21. The minimum Gasteiger partial charge on any atom is -0.489 e. The Bertz CT molecular complexity index is 1110. The maximum atomic E-state index is 7.57. The van der Waals surface area contributed by atoms with E-state index in [1.54, 1.807) is 12.4 Å². The van der Waals surface area contributed by atoms with E-state index in [-0.39, 0.29) is 5.84 Å². The Hall–Kier alpha value is -3.38. The lowest BCUT2D eigenvalue weighted by molar-refractivity contribution is 0.296. The number of hydrogen-bond donors (Lipinski definition) is 2. The summed E-state index contributed by atoms with van der Waals surface area (Å²) in [5.74, 6) is 1.68. The third-order valence-corrected chi connectivity index (χ3v) is 5.35. The first kappa shape index (κ1) is 18.0. The maximum Gasteiger partial charge on any atom is 0.133 e. The summed E-state index contributed by atoms with van der Waals surface area (Å²) in [5.41, 5.74) is 7.68. The number of benzene rings is 2. The molecule has 0 radical (unpaired) electrons. The standard InChI is InChI=1S/C22H19N3O2S/c23-22(24)21-11-17-4-5-19(12-20(17)28-21)27-14-16-2-1-3-18(10-16)26-13-15-6-8-25-9-7-15/h1-12H,13-14H2,(H3,23,24). The van der Waals surface area contributed by atoms with Crippen molar-refractivity contribution in [3.05, 3.63) is 89.1 Å². The van der Waals surface area contributed by atoms with Crippen LogP contribution < -0.4 is 15.2 Å². The molecule has 6 heteroatoms. The lowest BCUT2D eigenvalue weighted by Crippen LogP contribution is -2.08. The Morgan fingerprint density at radius 3 is 2.43 bits per heavy atom. The normalized spacial score (nSPS) is 10.7. The topological polar surface area (TPSA) is 81.2 Å².